The highest BCUT2D eigenvalue weighted by Gasteiger charge is 2.08. The molecule has 3 heteroatoms. The SMILES string of the molecule is Cc1cccc(C(N)Cc2ccsc2)n1. The molecule has 2 N–H and O–H groups in total. The highest BCUT2D eigenvalue weighted by Crippen LogP contribution is 2.16. The molecule has 15 heavy (non-hydrogen) atoms. The topological polar surface area (TPSA) is 38.9 Å². The van der Waals surface area contributed by atoms with Crippen molar-refractivity contribution in [1.82, 2.24) is 4.98 Å². The molecule has 2 aromatic rings. The zero-order valence-electron chi connectivity index (χ0n) is 8.68. The number of hydrogen-bond acceptors (Lipinski definition) is 3. The van der Waals surface area contributed by atoms with E-state index in [9.17, 15) is 0 Å². The molecular weight excluding hydrogens is 204 g/mol. The molecule has 2 heterocycles. The summed E-state index contributed by atoms with van der Waals surface area (Å²) >= 11 is 1.70. The summed E-state index contributed by atoms with van der Waals surface area (Å²) in [5.74, 6) is 0. The monoisotopic (exact) mass is 218 g/mol. The number of aryl methyl sites for hydroxylation is 1. The van der Waals surface area contributed by atoms with Crippen molar-refractivity contribution < 1.29 is 0 Å². The van der Waals surface area contributed by atoms with Crippen LogP contribution < -0.4 is 5.73 Å². The fourth-order valence-corrected chi connectivity index (χ4v) is 2.22. The van der Waals surface area contributed by atoms with Gasteiger partial charge in [0.25, 0.3) is 0 Å². The quantitative estimate of drug-likeness (QED) is 0.860. The van der Waals surface area contributed by atoms with E-state index in [0.29, 0.717) is 0 Å². The Bertz CT molecular complexity index is 423. The molecule has 0 aromatic carbocycles. The Kier molecular flexibility index (Phi) is 3.14. The van der Waals surface area contributed by atoms with Gasteiger partial charge < -0.3 is 5.73 Å². The van der Waals surface area contributed by atoms with Crippen molar-refractivity contribution in [2.45, 2.75) is 19.4 Å². The van der Waals surface area contributed by atoms with Gasteiger partial charge in [-0.05, 0) is 47.9 Å². The van der Waals surface area contributed by atoms with Gasteiger partial charge in [0.1, 0.15) is 0 Å². The Morgan fingerprint density at radius 2 is 2.27 bits per heavy atom. The zero-order chi connectivity index (χ0) is 10.7. The van der Waals surface area contributed by atoms with Crippen LogP contribution in [-0.4, -0.2) is 4.98 Å². The largest absolute Gasteiger partial charge is 0.322 e. The molecule has 0 fully saturated rings. The van der Waals surface area contributed by atoms with Gasteiger partial charge >= 0.3 is 0 Å². The van der Waals surface area contributed by atoms with Crippen molar-refractivity contribution in [2.24, 2.45) is 5.73 Å². The predicted octanol–water partition coefficient (Wildman–Crippen LogP) is 2.69. The number of hydrogen-bond donors (Lipinski definition) is 1. The summed E-state index contributed by atoms with van der Waals surface area (Å²) in [4.78, 5) is 4.43. The van der Waals surface area contributed by atoms with Crippen LogP contribution in [0.2, 0.25) is 0 Å². The second-order valence-corrected chi connectivity index (χ2v) is 4.43. The standard InChI is InChI=1S/C12H14N2S/c1-9-3-2-4-12(14-9)11(13)7-10-5-6-15-8-10/h2-6,8,11H,7,13H2,1H3. The lowest BCUT2D eigenvalue weighted by Gasteiger charge is -2.10. The molecule has 0 aliphatic rings. The van der Waals surface area contributed by atoms with Gasteiger partial charge in [-0.1, -0.05) is 6.07 Å². The Labute approximate surface area is 93.8 Å². The van der Waals surface area contributed by atoms with Gasteiger partial charge in [-0.15, -0.1) is 0 Å². The number of nitrogens with two attached hydrogens (primary N) is 1. The molecule has 0 saturated heterocycles. The highest BCUT2D eigenvalue weighted by molar-refractivity contribution is 7.07. The summed E-state index contributed by atoms with van der Waals surface area (Å²) in [6.07, 6.45) is 0.861. The van der Waals surface area contributed by atoms with Crippen molar-refractivity contribution in [1.29, 1.82) is 0 Å². The molecule has 0 spiro atoms. The summed E-state index contributed by atoms with van der Waals surface area (Å²) in [6, 6.07) is 8.09. The molecule has 1 atom stereocenters. The van der Waals surface area contributed by atoms with Crippen molar-refractivity contribution in [3.8, 4) is 0 Å². The number of pyridine rings is 1. The van der Waals surface area contributed by atoms with E-state index in [2.05, 4.69) is 21.8 Å². The summed E-state index contributed by atoms with van der Waals surface area (Å²) in [6.45, 7) is 1.99. The second kappa shape index (κ2) is 4.55. The van der Waals surface area contributed by atoms with Gasteiger partial charge in [0.2, 0.25) is 0 Å². The average molecular weight is 218 g/mol. The number of nitrogens with zero attached hydrogens (tertiary/aromatic N) is 1. The Hall–Kier alpha value is -1.19. The van der Waals surface area contributed by atoms with Crippen LogP contribution in [0.1, 0.15) is 23.0 Å². The summed E-state index contributed by atoms with van der Waals surface area (Å²) < 4.78 is 0. The van der Waals surface area contributed by atoms with E-state index >= 15 is 0 Å². The molecule has 0 amide bonds. The first-order valence-corrected chi connectivity index (χ1v) is 5.90. The fraction of sp³-hybridized carbons (Fsp3) is 0.250. The van der Waals surface area contributed by atoms with Gasteiger partial charge in [0, 0.05) is 5.69 Å². The molecule has 0 aliphatic heterocycles. The lowest BCUT2D eigenvalue weighted by atomic mass is 10.1. The molecule has 0 radical (unpaired) electrons. The minimum Gasteiger partial charge on any atom is -0.322 e. The number of thiophene rings is 1. The Balaban J connectivity index is 2.11. The second-order valence-electron chi connectivity index (χ2n) is 3.65. The van der Waals surface area contributed by atoms with E-state index < -0.39 is 0 Å². The van der Waals surface area contributed by atoms with Gasteiger partial charge in [-0.3, -0.25) is 4.98 Å². The summed E-state index contributed by atoms with van der Waals surface area (Å²) in [5.41, 5.74) is 9.38. The molecule has 0 bridgehead atoms. The van der Waals surface area contributed by atoms with E-state index in [4.69, 9.17) is 5.73 Å². The maximum absolute atomic E-state index is 6.10. The molecule has 2 aromatic heterocycles. The van der Waals surface area contributed by atoms with Crippen LogP contribution >= 0.6 is 11.3 Å². The van der Waals surface area contributed by atoms with Gasteiger partial charge in [-0.2, -0.15) is 11.3 Å². The van der Waals surface area contributed by atoms with Gasteiger partial charge in [0.05, 0.1) is 11.7 Å². The van der Waals surface area contributed by atoms with Crippen LogP contribution in [0.3, 0.4) is 0 Å². The fourth-order valence-electron chi connectivity index (χ4n) is 1.54. The minimum absolute atomic E-state index is 0.000463. The van der Waals surface area contributed by atoms with E-state index in [0.717, 1.165) is 17.8 Å². The van der Waals surface area contributed by atoms with Crippen molar-refractivity contribution in [3.63, 3.8) is 0 Å². The van der Waals surface area contributed by atoms with Gasteiger partial charge in [0.15, 0.2) is 0 Å². The minimum atomic E-state index is -0.000463. The molecule has 0 aliphatic carbocycles. The highest BCUT2D eigenvalue weighted by atomic mass is 32.1. The third kappa shape index (κ3) is 2.64. The van der Waals surface area contributed by atoms with E-state index in [1.807, 2.05) is 25.1 Å². The first kappa shape index (κ1) is 10.3. The average Bonchev–Trinajstić information content (AvgIpc) is 2.70. The molecule has 1 unspecified atom stereocenters. The van der Waals surface area contributed by atoms with Crippen LogP contribution in [-0.2, 0) is 6.42 Å². The maximum Gasteiger partial charge on any atom is 0.0577 e. The maximum atomic E-state index is 6.10. The summed E-state index contributed by atoms with van der Waals surface area (Å²) in [5, 5.41) is 4.21. The lowest BCUT2D eigenvalue weighted by molar-refractivity contribution is 0.695. The van der Waals surface area contributed by atoms with Crippen molar-refractivity contribution in [2.75, 3.05) is 0 Å². The molecule has 0 saturated carbocycles. The first-order valence-electron chi connectivity index (χ1n) is 4.96. The third-order valence-corrected chi connectivity index (χ3v) is 3.06. The normalized spacial score (nSPS) is 12.7. The first-order chi connectivity index (χ1) is 7.25. The summed E-state index contributed by atoms with van der Waals surface area (Å²) in [7, 11) is 0. The predicted molar refractivity (Wildman–Crippen MR) is 63.9 cm³/mol. The number of rotatable bonds is 3. The van der Waals surface area contributed by atoms with Crippen LogP contribution in [0.25, 0.3) is 0 Å². The van der Waals surface area contributed by atoms with Crippen LogP contribution in [0.5, 0.6) is 0 Å². The lowest BCUT2D eigenvalue weighted by Crippen LogP contribution is -2.14. The smallest absolute Gasteiger partial charge is 0.0577 e. The number of aromatic nitrogens is 1. The Morgan fingerprint density at radius 1 is 1.40 bits per heavy atom. The van der Waals surface area contributed by atoms with E-state index in [-0.39, 0.29) is 6.04 Å². The van der Waals surface area contributed by atoms with Crippen LogP contribution in [0, 0.1) is 6.92 Å². The van der Waals surface area contributed by atoms with Crippen LogP contribution in [0.4, 0.5) is 0 Å². The van der Waals surface area contributed by atoms with Gasteiger partial charge in [-0.25, -0.2) is 0 Å². The third-order valence-electron chi connectivity index (χ3n) is 2.33. The van der Waals surface area contributed by atoms with Crippen molar-refractivity contribution in [3.05, 3.63) is 52.0 Å². The van der Waals surface area contributed by atoms with E-state index in [1.54, 1.807) is 11.3 Å². The molecule has 2 rings (SSSR count). The molecule has 78 valence electrons. The van der Waals surface area contributed by atoms with E-state index in [1.165, 1.54) is 5.56 Å². The molecule has 2 nitrogen and oxygen atoms in total. The Morgan fingerprint density at radius 3 is 2.93 bits per heavy atom. The zero-order valence-corrected chi connectivity index (χ0v) is 9.50. The molecular formula is C12H14N2S. The van der Waals surface area contributed by atoms with Crippen LogP contribution in [0.15, 0.2) is 35.0 Å². The van der Waals surface area contributed by atoms with Crippen molar-refractivity contribution >= 4 is 11.3 Å².